The smallest absolute Gasteiger partial charge is 0.229 e. The lowest BCUT2D eigenvalue weighted by Crippen LogP contribution is -2.18. The molecular formula is C29H45O6PSi. The zero-order valence-corrected chi connectivity index (χ0v) is 26.5. The SMILES string of the molecule is CCOOCC.CCO[SiH2]CCCP(=O)(C(=O)c1c(C)cc(C)cc1C)C(=O)c1c(C)cc(C)cc1C. The second-order valence-electron chi connectivity index (χ2n) is 9.34. The van der Waals surface area contributed by atoms with E-state index < -0.39 is 28.0 Å². The zero-order chi connectivity index (χ0) is 28.2. The van der Waals surface area contributed by atoms with Crippen LogP contribution in [0.4, 0.5) is 0 Å². The van der Waals surface area contributed by atoms with E-state index in [1.165, 1.54) is 0 Å². The summed E-state index contributed by atoms with van der Waals surface area (Å²) in [7, 11) is -4.56. The minimum atomic E-state index is -3.84. The van der Waals surface area contributed by atoms with Gasteiger partial charge in [-0.05, 0) is 97.0 Å². The number of carbonyl (C=O) groups excluding carboxylic acids is 2. The molecule has 0 aliphatic rings. The molecule has 0 aliphatic heterocycles. The first-order chi connectivity index (χ1) is 17.4. The van der Waals surface area contributed by atoms with Crippen molar-refractivity contribution in [1.82, 2.24) is 0 Å². The fraction of sp³-hybridized carbons (Fsp3) is 0.517. The average Bonchev–Trinajstić information content (AvgIpc) is 2.81. The summed E-state index contributed by atoms with van der Waals surface area (Å²) in [6.45, 7) is 19.0. The Kier molecular flexibility index (Phi) is 14.5. The van der Waals surface area contributed by atoms with Gasteiger partial charge in [0, 0.05) is 23.9 Å². The summed E-state index contributed by atoms with van der Waals surface area (Å²) in [6.07, 6.45) is 0.666. The van der Waals surface area contributed by atoms with Crippen LogP contribution in [0.2, 0.25) is 6.04 Å². The van der Waals surface area contributed by atoms with Gasteiger partial charge in [0.25, 0.3) is 0 Å². The molecule has 2 aromatic carbocycles. The Bertz CT molecular complexity index is 988. The Morgan fingerprint density at radius 1 is 0.703 bits per heavy atom. The van der Waals surface area contributed by atoms with Crippen LogP contribution in [0.3, 0.4) is 0 Å². The van der Waals surface area contributed by atoms with Crippen molar-refractivity contribution < 1.29 is 28.4 Å². The maximum atomic E-state index is 14.3. The molecule has 2 aromatic rings. The molecule has 0 spiro atoms. The lowest BCUT2D eigenvalue weighted by atomic mass is 10.0. The molecule has 0 fully saturated rings. The highest BCUT2D eigenvalue weighted by molar-refractivity contribution is 7.95. The van der Waals surface area contributed by atoms with Crippen molar-refractivity contribution in [2.45, 2.75) is 74.8 Å². The van der Waals surface area contributed by atoms with Crippen LogP contribution in [-0.4, -0.2) is 46.8 Å². The summed E-state index contributed by atoms with van der Waals surface area (Å²) < 4.78 is 19.8. The van der Waals surface area contributed by atoms with Crippen molar-refractivity contribution in [3.8, 4) is 0 Å². The summed E-state index contributed by atoms with van der Waals surface area (Å²) >= 11 is 0. The standard InChI is InChI=1S/C25H35O4PSi.C4H10O2/c1-8-29-31-11-9-10-30(28,24(26)22-18(4)12-16(2)13-19(22)5)25(27)23-20(6)14-17(3)15-21(23)7;1-3-5-6-4-2/h12-15H,8-11,31H2,1-7H3;3-4H2,1-2H3. The lowest BCUT2D eigenvalue weighted by molar-refractivity contribution is -0.287. The predicted octanol–water partition coefficient (Wildman–Crippen LogP) is 6.78. The van der Waals surface area contributed by atoms with Crippen molar-refractivity contribution in [1.29, 1.82) is 0 Å². The van der Waals surface area contributed by atoms with E-state index in [4.69, 9.17) is 4.43 Å². The van der Waals surface area contributed by atoms with Gasteiger partial charge >= 0.3 is 0 Å². The third-order valence-electron chi connectivity index (χ3n) is 5.97. The van der Waals surface area contributed by atoms with Gasteiger partial charge in [0.2, 0.25) is 18.2 Å². The largest absolute Gasteiger partial charge is 0.424 e. The van der Waals surface area contributed by atoms with Gasteiger partial charge in [0.1, 0.15) is 0 Å². The third-order valence-corrected chi connectivity index (χ3v) is 10.2. The molecule has 0 atom stereocenters. The maximum absolute atomic E-state index is 14.3. The second-order valence-corrected chi connectivity index (χ2v) is 13.6. The van der Waals surface area contributed by atoms with Gasteiger partial charge in [-0.3, -0.25) is 9.59 Å². The molecule has 0 bridgehead atoms. The first-order valence-corrected chi connectivity index (χ1v) is 16.6. The molecule has 0 saturated heterocycles. The molecule has 8 heteroatoms. The molecule has 37 heavy (non-hydrogen) atoms. The Morgan fingerprint density at radius 2 is 1.08 bits per heavy atom. The average molecular weight is 549 g/mol. The lowest BCUT2D eigenvalue weighted by Gasteiger charge is -2.21. The number of benzene rings is 2. The Hall–Kier alpha value is -1.89. The van der Waals surface area contributed by atoms with Gasteiger partial charge in [-0.1, -0.05) is 35.4 Å². The summed E-state index contributed by atoms with van der Waals surface area (Å²) in [5, 5.41) is 0. The van der Waals surface area contributed by atoms with Crippen LogP contribution < -0.4 is 0 Å². The van der Waals surface area contributed by atoms with E-state index in [1.54, 1.807) is 0 Å². The maximum Gasteiger partial charge on any atom is 0.229 e. The van der Waals surface area contributed by atoms with Crippen LogP contribution in [0.5, 0.6) is 0 Å². The Labute approximate surface area is 225 Å². The predicted molar refractivity (Wildman–Crippen MR) is 155 cm³/mol. The molecule has 2 rings (SSSR count). The van der Waals surface area contributed by atoms with Crippen LogP contribution in [-0.2, 0) is 18.8 Å². The molecule has 0 saturated carbocycles. The third kappa shape index (κ3) is 9.42. The fourth-order valence-corrected chi connectivity index (χ4v) is 8.60. The molecule has 0 heterocycles. The van der Waals surface area contributed by atoms with Crippen LogP contribution >= 0.6 is 7.14 Å². The first-order valence-electron chi connectivity index (χ1n) is 13.1. The summed E-state index contributed by atoms with van der Waals surface area (Å²) in [4.78, 5) is 36.4. The van der Waals surface area contributed by atoms with Crippen LogP contribution in [0.15, 0.2) is 24.3 Å². The van der Waals surface area contributed by atoms with Gasteiger partial charge in [-0.15, -0.1) is 0 Å². The van der Waals surface area contributed by atoms with Crippen LogP contribution in [0.1, 0.15) is 81.3 Å². The van der Waals surface area contributed by atoms with Crippen molar-refractivity contribution >= 4 is 28.0 Å². The number of rotatable bonds is 13. The highest BCUT2D eigenvalue weighted by Gasteiger charge is 2.42. The van der Waals surface area contributed by atoms with Crippen molar-refractivity contribution in [3.05, 3.63) is 68.8 Å². The normalized spacial score (nSPS) is 11.5. The number of hydrogen-bond acceptors (Lipinski definition) is 6. The summed E-state index contributed by atoms with van der Waals surface area (Å²) in [6, 6.07) is 8.47. The van der Waals surface area contributed by atoms with E-state index in [9.17, 15) is 14.2 Å². The van der Waals surface area contributed by atoms with Gasteiger partial charge in [-0.25, -0.2) is 9.78 Å². The molecule has 6 nitrogen and oxygen atoms in total. The first kappa shape index (κ1) is 33.1. The van der Waals surface area contributed by atoms with Crippen molar-refractivity contribution in [2.24, 2.45) is 0 Å². The molecule has 0 aliphatic carbocycles. The van der Waals surface area contributed by atoms with E-state index in [-0.39, 0.29) is 6.16 Å². The topological polar surface area (TPSA) is 78.9 Å². The fourth-order valence-electron chi connectivity index (χ4n) is 4.54. The second kappa shape index (κ2) is 16.2. The highest BCUT2D eigenvalue weighted by Crippen LogP contribution is 2.54. The number of carbonyl (C=O) groups is 2. The summed E-state index contributed by atoms with van der Waals surface area (Å²) in [5.41, 5.74) is 5.07. The Morgan fingerprint density at radius 3 is 1.41 bits per heavy atom. The minimum Gasteiger partial charge on any atom is -0.424 e. The van der Waals surface area contributed by atoms with Gasteiger partial charge in [-0.2, -0.15) is 0 Å². The van der Waals surface area contributed by atoms with Gasteiger partial charge < -0.3 is 8.99 Å². The molecule has 0 aromatic heterocycles. The minimum absolute atomic E-state index is 0.101. The number of hydrogen-bond donors (Lipinski definition) is 0. The highest BCUT2D eigenvalue weighted by atomic mass is 31.2. The van der Waals surface area contributed by atoms with Crippen LogP contribution in [0.25, 0.3) is 0 Å². The van der Waals surface area contributed by atoms with E-state index in [0.29, 0.717) is 37.4 Å². The molecule has 0 amide bonds. The monoisotopic (exact) mass is 548 g/mol. The molecule has 206 valence electrons. The van der Waals surface area contributed by atoms with Gasteiger partial charge in [0.05, 0.1) is 13.2 Å². The van der Waals surface area contributed by atoms with E-state index in [2.05, 4.69) is 9.78 Å². The van der Waals surface area contributed by atoms with E-state index >= 15 is 0 Å². The molecule has 0 unspecified atom stereocenters. The number of aryl methyl sites for hydroxylation is 6. The van der Waals surface area contributed by atoms with Crippen molar-refractivity contribution in [3.63, 3.8) is 0 Å². The van der Waals surface area contributed by atoms with Crippen molar-refractivity contribution in [2.75, 3.05) is 26.0 Å². The molecular weight excluding hydrogens is 503 g/mol. The van der Waals surface area contributed by atoms with E-state index in [0.717, 1.165) is 39.4 Å². The molecule has 0 N–H and O–H groups in total. The summed E-state index contributed by atoms with van der Waals surface area (Å²) in [5.74, 6) is 0. The molecule has 0 radical (unpaired) electrons. The van der Waals surface area contributed by atoms with Crippen LogP contribution in [0, 0.1) is 41.5 Å². The quantitative estimate of drug-likeness (QED) is 0.0902. The van der Waals surface area contributed by atoms with Gasteiger partial charge in [0.15, 0.2) is 9.76 Å². The zero-order valence-electron chi connectivity index (χ0n) is 24.2. The Balaban J connectivity index is 0.00000102. The van der Waals surface area contributed by atoms with E-state index in [1.807, 2.05) is 86.6 Å².